The molecule has 1 atom stereocenters. The maximum atomic E-state index is 10.6. The third-order valence-electron chi connectivity index (χ3n) is 2.68. The van der Waals surface area contributed by atoms with Gasteiger partial charge >= 0.3 is 0 Å². The molecule has 1 aliphatic heterocycles. The summed E-state index contributed by atoms with van der Waals surface area (Å²) >= 11 is 0. The van der Waals surface area contributed by atoms with Crippen LogP contribution in [0.15, 0.2) is 24.3 Å². The highest BCUT2D eigenvalue weighted by atomic mass is 16.6. The van der Waals surface area contributed by atoms with Crippen LogP contribution in [0.4, 0.5) is 11.4 Å². The third kappa shape index (κ3) is 2.70. The molecule has 1 unspecified atom stereocenters. The molecule has 1 fully saturated rings. The van der Waals surface area contributed by atoms with E-state index in [1.165, 1.54) is 6.07 Å². The van der Waals surface area contributed by atoms with Gasteiger partial charge in [-0.1, -0.05) is 6.07 Å². The summed E-state index contributed by atoms with van der Waals surface area (Å²) in [5.41, 5.74) is 0.911. The van der Waals surface area contributed by atoms with Gasteiger partial charge in [-0.25, -0.2) is 0 Å². The Morgan fingerprint density at radius 2 is 2.44 bits per heavy atom. The molecule has 5 heteroatoms. The van der Waals surface area contributed by atoms with Gasteiger partial charge in [0.15, 0.2) is 0 Å². The van der Waals surface area contributed by atoms with Crippen LogP contribution < -0.4 is 5.32 Å². The Labute approximate surface area is 93.6 Å². The second kappa shape index (κ2) is 4.94. The number of nitro benzene ring substituents is 1. The van der Waals surface area contributed by atoms with Crippen molar-refractivity contribution in [2.75, 3.05) is 25.1 Å². The molecule has 86 valence electrons. The lowest BCUT2D eigenvalue weighted by Gasteiger charge is -2.10. The number of hydrogen-bond donors (Lipinski definition) is 1. The van der Waals surface area contributed by atoms with Crippen LogP contribution in [-0.4, -0.2) is 24.7 Å². The summed E-state index contributed by atoms with van der Waals surface area (Å²) in [7, 11) is 0. The van der Waals surface area contributed by atoms with Crippen molar-refractivity contribution >= 4 is 11.4 Å². The molecule has 5 nitrogen and oxygen atoms in total. The molecular weight excluding hydrogens is 208 g/mol. The fourth-order valence-corrected chi connectivity index (χ4v) is 1.74. The maximum Gasteiger partial charge on any atom is 0.271 e. The van der Waals surface area contributed by atoms with E-state index in [4.69, 9.17) is 4.74 Å². The van der Waals surface area contributed by atoms with E-state index in [0.717, 1.165) is 31.9 Å². The van der Waals surface area contributed by atoms with Gasteiger partial charge in [0.2, 0.25) is 0 Å². The van der Waals surface area contributed by atoms with E-state index < -0.39 is 0 Å². The molecule has 1 N–H and O–H groups in total. The fraction of sp³-hybridized carbons (Fsp3) is 0.455. The van der Waals surface area contributed by atoms with E-state index in [1.807, 2.05) is 6.07 Å². The predicted molar refractivity (Wildman–Crippen MR) is 60.5 cm³/mol. The zero-order valence-corrected chi connectivity index (χ0v) is 8.89. The Morgan fingerprint density at radius 3 is 3.12 bits per heavy atom. The van der Waals surface area contributed by atoms with Crippen LogP contribution in [0, 0.1) is 16.0 Å². The Bertz CT molecular complexity index is 375. The van der Waals surface area contributed by atoms with Gasteiger partial charge in [-0.15, -0.1) is 0 Å². The fourth-order valence-electron chi connectivity index (χ4n) is 1.74. The molecule has 1 aliphatic rings. The lowest BCUT2D eigenvalue weighted by atomic mass is 10.1. The van der Waals surface area contributed by atoms with E-state index >= 15 is 0 Å². The normalized spacial score (nSPS) is 19.6. The highest BCUT2D eigenvalue weighted by Crippen LogP contribution is 2.18. The number of nitro groups is 1. The lowest BCUT2D eigenvalue weighted by molar-refractivity contribution is -0.384. The molecule has 0 saturated carbocycles. The quantitative estimate of drug-likeness (QED) is 0.625. The zero-order valence-electron chi connectivity index (χ0n) is 8.89. The van der Waals surface area contributed by atoms with Crippen LogP contribution >= 0.6 is 0 Å². The molecule has 0 spiro atoms. The first kappa shape index (κ1) is 10.9. The van der Waals surface area contributed by atoms with Crippen molar-refractivity contribution in [1.82, 2.24) is 0 Å². The van der Waals surface area contributed by atoms with Crippen LogP contribution in [0.5, 0.6) is 0 Å². The van der Waals surface area contributed by atoms with Crippen LogP contribution in [0.1, 0.15) is 6.42 Å². The Hall–Kier alpha value is -1.62. The number of anilines is 1. The first-order valence-corrected chi connectivity index (χ1v) is 5.32. The minimum Gasteiger partial charge on any atom is -0.384 e. The summed E-state index contributed by atoms with van der Waals surface area (Å²) in [4.78, 5) is 10.2. The van der Waals surface area contributed by atoms with E-state index in [-0.39, 0.29) is 10.6 Å². The summed E-state index contributed by atoms with van der Waals surface area (Å²) in [6.45, 7) is 2.41. The van der Waals surface area contributed by atoms with E-state index in [0.29, 0.717) is 5.92 Å². The lowest BCUT2D eigenvalue weighted by Crippen LogP contribution is -2.13. The number of ether oxygens (including phenoxy) is 1. The average Bonchev–Trinajstić information content (AvgIpc) is 2.79. The first-order valence-electron chi connectivity index (χ1n) is 5.32. The molecule has 0 bridgehead atoms. The molecule has 1 aromatic rings. The summed E-state index contributed by atoms with van der Waals surface area (Å²) in [5.74, 6) is 0.513. The molecule has 2 rings (SSSR count). The van der Waals surface area contributed by atoms with Gasteiger partial charge in [0, 0.05) is 36.9 Å². The van der Waals surface area contributed by atoms with Gasteiger partial charge in [0.1, 0.15) is 0 Å². The first-order chi connectivity index (χ1) is 7.75. The van der Waals surface area contributed by atoms with Crippen molar-refractivity contribution in [3.8, 4) is 0 Å². The van der Waals surface area contributed by atoms with Crippen LogP contribution in [0.2, 0.25) is 0 Å². The monoisotopic (exact) mass is 222 g/mol. The van der Waals surface area contributed by atoms with Gasteiger partial charge in [-0.3, -0.25) is 10.1 Å². The van der Waals surface area contributed by atoms with Crippen molar-refractivity contribution < 1.29 is 9.66 Å². The Balaban J connectivity index is 1.93. The molecular formula is C11H14N2O3. The molecule has 0 aliphatic carbocycles. The zero-order chi connectivity index (χ0) is 11.4. The standard InChI is InChI=1S/C11H14N2O3/c14-13(15)11-3-1-2-10(6-11)12-7-9-4-5-16-8-9/h1-3,6,9,12H,4-5,7-8H2. The average molecular weight is 222 g/mol. The molecule has 0 radical (unpaired) electrons. The van der Waals surface area contributed by atoms with Crippen molar-refractivity contribution in [3.63, 3.8) is 0 Å². The topological polar surface area (TPSA) is 64.4 Å². The smallest absolute Gasteiger partial charge is 0.271 e. The largest absolute Gasteiger partial charge is 0.384 e. The molecule has 0 amide bonds. The molecule has 1 saturated heterocycles. The van der Waals surface area contributed by atoms with Crippen LogP contribution in [0.3, 0.4) is 0 Å². The minimum absolute atomic E-state index is 0.118. The number of non-ortho nitro benzene ring substituents is 1. The highest BCUT2D eigenvalue weighted by Gasteiger charge is 2.15. The summed E-state index contributed by atoms with van der Waals surface area (Å²) in [6, 6.07) is 6.56. The maximum absolute atomic E-state index is 10.6. The summed E-state index contributed by atoms with van der Waals surface area (Å²) in [5, 5.41) is 13.8. The van der Waals surface area contributed by atoms with Gasteiger partial charge < -0.3 is 10.1 Å². The minimum atomic E-state index is -0.385. The van der Waals surface area contributed by atoms with Gasteiger partial charge in [0.05, 0.1) is 11.5 Å². The van der Waals surface area contributed by atoms with E-state index in [1.54, 1.807) is 12.1 Å². The Kier molecular flexibility index (Phi) is 3.36. The number of hydrogen-bond acceptors (Lipinski definition) is 4. The summed E-state index contributed by atoms with van der Waals surface area (Å²) in [6.07, 6.45) is 1.06. The van der Waals surface area contributed by atoms with E-state index in [2.05, 4.69) is 5.32 Å². The molecule has 16 heavy (non-hydrogen) atoms. The van der Waals surface area contributed by atoms with Gasteiger partial charge in [0.25, 0.3) is 5.69 Å². The molecule has 1 heterocycles. The second-order valence-corrected chi connectivity index (χ2v) is 3.92. The number of rotatable bonds is 4. The number of benzene rings is 1. The van der Waals surface area contributed by atoms with Crippen LogP contribution in [0.25, 0.3) is 0 Å². The van der Waals surface area contributed by atoms with Crippen molar-refractivity contribution in [3.05, 3.63) is 34.4 Å². The number of nitrogens with zero attached hydrogens (tertiary/aromatic N) is 1. The van der Waals surface area contributed by atoms with Crippen molar-refractivity contribution in [2.24, 2.45) is 5.92 Å². The van der Waals surface area contributed by atoms with Gasteiger partial charge in [-0.05, 0) is 12.5 Å². The highest BCUT2D eigenvalue weighted by molar-refractivity contribution is 5.50. The number of nitrogens with one attached hydrogen (secondary N) is 1. The SMILES string of the molecule is O=[N+]([O-])c1cccc(NCC2CCOC2)c1. The van der Waals surface area contributed by atoms with Crippen LogP contribution in [-0.2, 0) is 4.74 Å². The van der Waals surface area contributed by atoms with Crippen molar-refractivity contribution in [2.45, 2.75) is 6.42 Å². The molecule has 1 aromatic carbocycles. The van der Waals surface area contributed by atoms with Crippen molar-refractivity contribution in [1.29, 1.82) is 0 Å². The second-order valence-electron chi connectivity index (χ2n) is 3.92. The summed E-state index contributed by atoms with van der Waals surface area (Å²) < 4.78 is 5.26. The third-order valence-corrected chi connectivity index (χ3v) is 2.68. The Morgan fingerprint density at radius 1 is 1.56 bits per heavy atom. The van der Waals surface area contributed by atoms with E-state index in [9.17, 15) is 10.1 Å². The molecule has 0 aromatic heterocycles. The van der Waals surface area contributed by atoms with Gasteiger partial charge in [-0.2, -0.15) is 0 Å². The predicted octanol–water partition coefficient (Wildman–Crippen LogP) is 2.04.